The second kappa shape index (κ2) is 15.1. The largest absolute Gasteiger partial charge is 0.303 e. The van der Waals surface area contributed by atoms with Crippen molar-refractivity contribution >= 4 is 0 Å². The van der Waals surface area contributed by atoms with Gasteiger partial charge in [-0.25, -0.2) is 0 Å². The molecule has 5 aliphatic heterocycles. The van der Waals surface area contributed by atoms with Crippen molar-refractivity contribution in [1.29, 1.82) is 0 Å². The Hall–Kier alpha value is -1.12. The molecule has 2 nitrogen and oxygen atoms in total. The van der Waals surface area contributed by atoms with Crippen LogP contribution in [0.5, 0.6) is 0 Å². The molecule has 0 radical (unpaired) electrons. The van der Waals surface area contributed by atoms with E-state index in [1.807, 2.05) is 0 Å². The molecule has 0 saturated carbocycles. The summed E-state index contributed by atoms with van der Waals surface area (Å²) in [5, 5.41) is 0. The summed E-state index contributed by atoms with van der Waals surface area (Å²) in [6.07, 6.45) is 38.0. The normalized spacial score (nSPS) is 40.7. The minimum absolute atomic E-state index is 0.919. The van der Waals surface area contributed by atoms with E-state index in [9.17, 15) is 0 Å². The molecule has 2 saturated heterocycles. The Balaban J connectivity index is 1.49. The third kappa shape index (κ3) is 8.83. The van der Waals surface area contributed by atoms with Crippen LogP contribution in [-0.4, -0.2) is 49.1 Å². The summed E-state index contributed by atoms with van der Waals surface area (Å²) < 4.78 is 0. The topological polar surface area (TPSA) is 6.48 Å². The van der Waals surface area contributed by atoms with E-state index >= 15 is 0 Å². The maximum atomic E-state index is 2.87. The van der Waals surface area contributed by atoms with Gasteiger partial charge >= 0.3 is 0 Å². The van der Waals surface area contributed by atoms with Crippen molar-refractivity contribution < 1.29 is 0 Å². The third-order valence-corrected chi connectivity index (χ3v) is 9.05. The second-order valence-electron chi connectivity index (χ2n) is 11.7. The molecule has 34 heavy (non-hydrogen) atoms. The zero-order chi connectivity index (χ0) is 23.3. The predicted molar refractivity (Wildman–Crippen MR) is 148 cm³/mol. The van der Waals surface area contributed by atoms with Gasteiger partial charge < -0.3 is 9.80 Å². The van der Waals surface area contributed by atoms with Crippen molar-refractivity contribution in [2.75, 3.05) is 39.3 Å². The molecular weight excluding hydrogens is 412 g/mol. The summed E-state index contributed by atoms with van der Waals surface area (Å²) in [7, 11) is 0. The van der Waals surface area contributed by atoms with Crippen molar-refractivity contribution in [3.05, 3.63) is 48.6 Å². The fourth-order valence-corrected chi connectivity index (χ4v) is 7.24. The lowest BCUT2D eigenvalue weighted by Gasteiger charge is -2.47. The molecule has 0 aromatic heterocycles. The van der Waals surface area contributed by atoms with Gasteiger partial charge in [-0.3, -0.25) is 0 Å². The van der Waals surface area contributed by atoms with E-state index in [1.54, 1.807) is 0 Å². The number of allylic oxidation sites excluding steroid dienone is 6. The first kappa shape index (κ1) is 26.0. The highest BCUT2D eigenvalue weighted by atomic mass is 15.1. The lowest BCUT2D eigenvalue weighted by molar-refractivity contribution is 0.0203. The van der Waals surface area contributed by atoms with Crippen LogP contribution in [0.2, 0.25) is 0 Å². The lowest BCUT2D eigenvalue weighted by Crippen LogP contribution is -2.49. The molecule has 0 aliphatic carbocycles. The molecule has 190 valence electrons. The molecule has 5 heterocycles. The van der Waals surface area contributed by atoms with E-state index in [2.05, 4.69) is 58.4 Å². The SMILES string of the molecule is C1=C\CCCCCC[C@H]2CN3CC/C=C/C=C\CCCC[C@H]4C[C@H](CN(CC\C=C/1)C4)[C@H]2CC3. The summed E-state index contributed by atoms with van der Waals surface area (Å²) in [5.74, 6) is 3.74. The Morgan fingerprint density at radius 3 is 1.88 bits per heavy atom. The fraction of sp³-hybridized carbons (Fsp3) is 0.750. The number of hydrogen-bond donors (Lipinski definition) is 0. The highest BCUT2D eigenvalue weighted by Gasteiger charge is 2.38. The van der Waals surface area contributed by atoms with Gasteiger partial charge in [0.25, 0.3) is 0 Å². The van der Waals surface area contributed by atoms with Crippen molar-refractivity contribution in [3.63, 3.8) is 0 Å². The van der Waals surface area contributed by atoms with Crippen LogP contribution in [0.3, 0.4) is 0 Å². The monoisotopic (exact) mass is 464 g/mol. The Morgan fingerprint density at radius 2 is 1.09 bits per heavy atom. The van der Waals surface area contributed by atoms with E-state index in [-0.39, 0.29) is 0 Å². The van der Waals surface area contributed by atoms with Gasteiger partial charge in [0.2, 0.25) is 0 Å². The molecule has 5 aliphatic rings. The van der Waals surface area contributed by atoms with Crippen molar-refractivity contribution in [3.8, 4) is 0 Å². The first-order chi connectivity index (χ1) is 16.9. The summed E-state index contributed by atoms with van der Waals surface area (Å²) >= 11 is 0. The van der Waals surface area contributed by atoms with Crippen LogP contribution in [0.4, 0.5) is 0 Å². The van der Waals surface area contributed by atoms with E-state index in [4.69, 9.17) is 0 Å². The van der Waals surface area contributed by atoms with E-state index in [1.165, 1.54) is 129 Å². The molecule has 2 fully saturated rings. The summed E-state index contributed by atoms with van der Waals surface area (Å²) in [4.78, 5) is 5.68. The average molecular weight is 465 g/mol. The van der Waals surface area contributed by atoms with Gasteiger partial charge in [0.15, 0.2) is 0 Å². The average Bonchev–Trinajstić information content (AvgIpc) is 2.85. The Labute approximate surface area is 211 Å². The minimum Gasteiger partial charge on any atom is -0.303 e. The molecular formula is C32H52N2. The van der Waals surface area contributed by atoms with Gasteiger partial charge in [-0.05, 0) is 94.4 Å². The van der Waals surface area contributed by atoms with Crippen molar-refractivity contribution in [1.82, 2.24) is 9.80 Å². The first-order valence-electron chi connectivity index (χ1n) is 15.0. The Morgan fingerprint density at radius 1 is 0.471 bits per heavy atom. The molecule has 5 rings (SSSR count). The lowest BCUT2D eigenvalue weighted by atomic mass is 9.69. The van der Waals surface area contributed by atoms with E-state index < -0.39 is 0 Å². The third-order valence-electron chi connectivity index (χ3n) is 9.05. The van der Waals surface area contributed by atoms with Gasteiger partial charge in [-0.1, -0.05) is 74.3 Å². The van der Waals surface area contributed by atoms with Crippen LogP contribution in [0.1, 0.15) is 89.9 Å². The highest BCUT2D eigenvalue weighted by Crippen LogP contribution is 2.40. The molecule has 6 bridgehead atoms. The van der Waals surface area contributed by atoms with Gasteiger partial charge in [0.05, 0.1) is 0 Å². The first-order valence-corrected chi connectivity index (χ1v) is 15.0. The van der Waals surface area contributed by atoms with Crippen LogP contribution in [0.15, 0.2) is 48.6 Å². The van der Waals surface area contributed by atoms with Gasteiger partial charge in [-0.15, -0.1) is 0 Å². The highest BCUT2D eigenvalue weighted by molar-refractivity contribution is 5.03. The zero-order valence-corrected chi connectivity index (χ0v) is 22.0. The van der Waals surface area contributed by atoms with Crippen LogP contribution in [0.25, 0.3) is 0 Å². The molecule has 0 amide bonds. The van der Waals surface area contributed by atoms with Gasteiger partial charge in [0.1, 0.15) is 0 Å². The van der Waals surface area contributed by atoms with Crippen LogP contribution < -0.4 is 0 Å². The van der Waals surface area contributed by atoms with E-state index in [0.717, 1.165) is 23.7 Å². The molecule has 0 spiro atoms. The maximum Gasteiger partial charge on any atom is 0.00162 e. The minimum atomic E-state index is 0.919. The number of nitrogens with zero attached hydrogens (tertiary/aromatic N) is 2. The molecule has 0 N–H and O–H groups in total. The van der Waals surface area contributed by atoms with Crippen molar-refractivity contribution in [2.24, 2.45) is 23.7 Å². The fourth-order valence-electron chi connectivity index (χ4n) is 7.24. The predicted octanol–water partition coefficient (Wildman–Crippen LogP) is 7.80. The van der Waals surface area contributed by atoms with Crippen LogP contribution in [-0.2, 0) is 0 Å². The maximum absolute atomic E-state index is 2.87. The smallest absolute Gasteiger partial charge is 0.00162 e. The molecule has 0 aromatic rings. The zero-order valence-electron chi connectivity index (χ0n) is 22.0. The number of piperidine rings is 2. The number of hydrogen-bond acceptors (Lipinski definition) is 2. The van der Waals surface area contributed by atoms with Gasteiger partial charge in [0, 0.05) is 32.7 Å². The second-order valence-corrected chi connectivity index (χ2v) is 11.7. The van der Waals surface area contributed by atoms with Gasteiger partial charge in [-0.2, -0.15) is 0 Å². The quantitative estimate of drug-likeness (QED) is 0.361. The Bertz CT molecular complexity index is 674. The molecule has 6 atom stereocenters. The molecule has 2 heteroatoms. The Kier molecular flexibility index (Phi) is 11.5. The number of rotatable bonds is 0. The summed E-state index contributed by atoms with van der Waals surface area (Å²) in [6, 6.07) is 0. The molecule has 2 unspecified atom stereocenters. The van der Waals surface area contributed by atoms with E-state index in [0.29, 0.717) is 0 Å². The van der Waals surface area contributed by atoms with Crippen molar-refractivity contribution in [2.45, 2.75) is 89.9 Å². The number of fused-ring (bicyclic) bond motifs is 9. The summed E-state index contributed by atoms with van der Waals surface area (Å²) in [6.45, 7) is 7.93. The summed E-state index contributed by atoms with van der Waals surface area (Å²) in [5.41, 5.74) is 0. The standard InChI is InChI=1S/C32H52N2/c1-2-5-10-14-18-23-34-26-29-19-15-11-7-4-6-9-13-17-22-33-24-21-32(31(25-29)28-34)30(27-33)20-16-12-8-3-1/h2,4-6,9-10,13-14,29-32H,1,3,7-8,11-12,15-28H2/b5-2-,6-4-,13-9+,14-10-/t29-,30-,31+,32-/m0/s1. The van der Waals surface area contributed by atoms with Crippen LogP contribution >= 0.6 is 0 Å². The van der Waals surface area contributed by atoms with Crippen LogP contribution in [0, 0.1) is 23.7 Å². The molecule has 0 aromatic carbocycles.